The van der Waals surface area contributed by atoms with Gasteiger partial charge in [0.25, 0.3) is 10.0 Å². The van der Waals surface area contributed by atoms with Crippen LogP contribution in [0.15, 0.2) is 71.9 Å². The lowest BCUT2D eigenvalue weighted by Gasteiger charge is -2.13. The molecule has 0 saturated carbocycles. The van der Waals surface area contributed by atoms with Gasteiger partial charge in [0, 0.05) is 29.5 Å². The predicted molar refractivity (Wildman–Crippen MR) is 129 cm³/mol. The second-order valence-corrected chi connectivity index (χ2v) is 9.58. The van der Waals surface area contributed by atoms with Gasteiger partial charge in [0.05, 0.1) is 17.3 Å². The Morgan fingerprint density at radius 2 is 1.84 bits per heavy atom. The van der Waals surface area contributed by atoms with E-state index in [9.17, 15) is 13.2 Å². The molecule has 0 saturated heterocycles. The largest absolute Gasteiger partial charge is 0.494 e. The fourth-order valence-corrected chi connectivity index (χ4v) is 5.00. The maximum atomic E-state index is 12.9. The van der Waals surface area contributed by atoms with E-state index in [-0.39, 0.29) is 16.6 Å². The summed E-state index contributed by atoms with van der Waals surface area (Å²) < 4.78 is 33.8. The molecule has 1 amide bonds. The van der Waals surface area contributed by atoms with Crippen molar-refractivity contribution < 1.29 is 17.9 Å². The van der Waals surface area contributed by atoms with Crippen molar-refractivity contribution >= 4 is 39.1 Å². The van der Waals surface area contributed by atoms with Gasteiger partial charge in [-0.2, -0.15) is 0 Å². The maximum absolute atomic E-state index is 12.9. The number of thioether (sulfide) groups is 1. The number of carbonyl (C=O) groups is 1. The zero-order valence-corrected chi connectivity index (χ0v) is 19.5. The predicted octanol–water partition coefficient (Wildman–Crippen LogP) is 4.46. The molecule has 0 aliphatic heterocycles. The molecule has 9 heteroatoms. The molecule has 0 unspecified atom stereocenters. The van der Waals surface area contributed by atoms with Crippen LogP contribution in [0.1, 0.15) is 18.1 Å². The Bertz CT molecular complexity index is 1150. The van der Waals surface area contributed by atoms with E-state index in [1.54, 1.807) is 55.7 Å². The van der Waals surface area contributed by atoms with E-state index < -0.39 is 10.0 Å². The van der Waals surface area contributed by atoms with Crippen molar-refractivity contribution in [1.82, 2.24) is 4.98 Å². The Balaban J connectivity index is 1.64. The van der Waals surface area contributed by atoms with Crippen LogP contribution < -0.4 is 14.8 Å². The van der Waals surface area contributed by atoms with E-state index >= 15 is 0 Å². The smallest absolute Gasteiger partial charge is 0.262 e. The number of hydrogen-bond acceptors (Lipinski definition) is 6. The van der Waals surface area contributed by atoms with Crippen molar-refractivity contribution in [2.75, 3.05) is 22.4 Å². The molecule has 168 valence electrons. The lowest BCUT2D eigenvalue weighted by atomic mass is 10.2. The topological polar surface area (TPSA) is 97.4 Å². The Morgan fingerprint density at radius 1 is 1.09 bits per heavy atom. The molecule has 32 heavy (non-hydrogen) atoms. The van der Waals surface area contributed by atoms with Crippen LogP contribution in [-0.2, 0) is 20.6 Å². The van der Waals surface area contributed by atoms with Gasteiger partial charge in [-0.15, -0.1) is 11.8 Å². The van der Waals surface area contributed by atoms with Crippen molar-refractivity contribution in [2.45, 2.75) is 24.5 Å². The number of hydrogen-bond donors (Lipinski definition) is 2. The first kappa shape index (κ1) is 23.6. The first-order chi connectivity index (χ1) is 15.4. The zero-order chi connectivity index (χ0) is 23.0. The third-order valence-corrected chi connectivity index (χ3v) is 6.93. The van der Waals surface area contributed by atoms with Gasteiger partial charge in [0.15, 0.2) is 0 Å². The molecule has 3 aromatic rings. The number of anilines is 2. The van der Waals surface area contributed by atoms with Gasteiger partial charge in [0.2, 0.25) is 5.91 Å². The first-order valence-corrected chi connectivity index (χ1v) is 12.6. The number of benzene rings is 2. The number of sulfonamides is 1. The van der Waals surface area contributed by atoms with Gasteiger partial charge in [0.1, 0.15) is 5.75 Å². The minimum Gasteiger partial charge on any atom is -0.494 e. The number of aromatic nitrogens is 1. The van der Waals surface area contributed by atoms with E-state index in [1.165, 1.54) is 17.8 Å². The van der Waals surface area contributed by atoms with Crippen LogP contribution in [0.2, 0.25) is 0 Å². The number of aryl methyl sites for hydroxylation is 1. The fraction of sp³-hybridized carbons (Fsp3) is 0.217. The van der Waals surface area contributed by atoms with E-state index in [2.05, 4.69) is 15.0 Å². The summed E-state index contributed by atoms with van der Waals surface area (Å²) in [6.45, 7) is 4.12. The third kappa shape index (κ3) is 6.73. The van der Waals surface area contributed by atoms with E-state index in [0.717, 1.165) is 5.56 Å². The van der Waals surface area contributed by atoms with Crippen molar-refractivity contribution in [3.8, 4) is 5.75 Å². The highest BCUT2D eigenvalue weighted by atomic mass is 32.2. The molecule has 0 fully saturated rings. The van der Waals surface area contributed by atoms with E-state index in [0.29, 0.717) is 35.0 Å². The Kier molecular flexibility index (Phi) is 8.13. The molecule has 0 aliphatic carbocycles. The van der Waals surface area contributed by atoms with Gasteiger partial charge < -0.3 is 10.1 Å². The third-order valence-electron chi connectivity index (χ3n) is 4.40. The van der Waals surface area contributed by atoms with Crippen molar-refractivity contribution in [1.29, 1.82) is 0 Å². The molecule has 1 aromatic heterocycles. The summed E-state index contributed by atoms with van der Waals surface area (Å²) in [5.41, 5.74) is 2.46. The van der Waals surface area contributed by atoms with Crippen molar-refractivity contribution in [3.05, 3.63) is 78.1 Å². The molecule has 2 aromatic carbocycles. The second-order valence-electron chi connectivity index (χ2n) is 6.95. The average Bonchev–Trinajstić information content (AvgIpc) is 2.77. The summed E-state index contributed by atoms with van der Waals surface area (Å²) in [5.74, 6) is 1.37. The standard InChI is InChI=1S/C23H25N3O4S2/c1-3-30-21-10-8-19(9-11-21)26-32(28,29)22-13-20(7-6-17(22)2)25-23(27)16-31-15-18-5-4-12-24-14-18/h4-14,26H,3,15-16H2,1-2H3,(H,25,27). The van der Waals surface area contributed by atoms with Crippen molar-refractivity contribution in [2.24, 2.45) is 0 Å². The molecule has 3 rings (SSSR count). The highest BCUT2D eigenvalue weighted by Gasteiger charge is 2.18. The monoisotopic (exact) mass is 471 g/mol. The van der Waals surface area contributed by atoms with Crippen LogP contribution in [0, 0.1) is 6.92 Å². The number of carbonyl (C=O) groups excluding carboxylic acids is 1. The summed E-state index contributed by atoms with van der Waals surface area (Å²) >= 11 is 1.46. The summed E-state index contributed by atoms with van der Waals surface area (Å²) in [4.78, 5) is 16.5. The molecule has 2 N–H and O–H groups in total. The number of ether oxygens (including phenoxy) is 1. The van der Waals surface area contributed by atoms with Gasteiger partial charge in [-0.05, 0) is 67.4 Å². The van der Waals surface area contributed by atoms with Crippen LogP contribution in [0.25, 0.3) is 0 Å². The minimum absolute atomic E-state index is 0.104. The van der Waals surface area contributed by atoms with Crippen LogP contribution in [-0.4, -0.2) is 31.7 Å². The highest BCUT2D eigenvalue weighted by Crippen LogP contribution is 2.24. The summed E-state index contributed by atoms with van der Waals surface area (Å²) in [7, 11) is -3.83. The van der Waals surface area contributed by atoms with E-state index in [1.807, 2.05) is 19.1 Å². The lowest BCUT2D eigenvalue weighted by molar-refractivity contribution is -0.113. The average molecular weight is 472 g/mol. The molecule has 0 aliphatic rings. The van der Waals surface area contributed by atoms with Gasteiger partial charge in [-0.1, -0.05) is 12.1 Å². The molecule has 0 radical (unpaired) electrons. The molecule has 0 atom stereocenters. The molecule has 1 heterocycles. The van der Waals surface area contributed by atoms with Crippen LogP contribution in [0.4, 0.5) is 11.4 Å². The summed E-state index contributed by atoms with van der Waals surface area (Å²) in [6, 6.07) is 15.3. The first-order valence-electron chi connectivity index (χ1n) is 10.00. The second kappa shape index (κ2) is 11.0. The number of nitrogens with one attached hydrogen (secondary N) is 2. The van der Waals surface area contributed by atoms with E-state index in [4.69, 9.17) is 4.74 Å². The Labute approximate surface area is 192 Å². The zero-order valence-electron chi connectivity index (χ0n) is 17.9. The Morgan fingerprint density at radius 3 is 2.53 bits per heavy atom. The molecule has 7 nitrogen and oxygen atoms in total. The molecule has 0 bridgehead atoms. The lowest BCUT2D eigenvalue weighted by Crippen LogP contribution is -2.17. The quantitative estimate of drug-likeness (QED) is 0.453. The van der Waals surface area contributed by atoms with Crippen molar-refractivity contribution in [3.63, 3.8) is 0 Å². The van der Waals surface area contributed by atoms with Crippen LogP contribution in [0.5, 0.6) is 5.75 Å². The number of pyridine rings is 1. The Hall–Kier alpha value is -3.04. The van der Waals surface area contributed by atoms with Gasteiger partial charge in [-0.25, -0.2) is 8.42 Å². The molecular weight excluding hydrogens is 446 g/mol. The SMILES string of the molecule is CCOc1ccc(NS(=O)(=O)c2cc(NC(=O)CSCc3cccnc3)ccc2C)cc1. The fourth-order valence-electron chi connectivity index (χ4n) is 2.91. The minimum atomic E-state index is -3.83. The maximum Gasteiger partial charge on any atom is 0.262 e. The van der Waals surface area contributed by atoms with Crippen LogP contribution in [0.3, 0.4) is 0 Å². The number of rotatable bonds is 10. The molecular formula is C23H25N3O4S2. The van der Waals surface area contributed by atoms with Gasteiger partial charge >= 0.3 is 0 Å². The van der Waals surface area contributed by atoms with Gasteiger partial charge in [-0.3, -0.25) is 14.5 Å². The highest BCUT2D eigenvalue weighted by molar-refractivity contribution is 7.99. The normalized spacial score (nSPS) is 11.1. The summed E-state index contributed by atoms with van der Waals surface area (Å²) in [5, 5.41) is 2.77. The van der Waals surface area contributed by atoms with Crippen LogP contribution >= 0.6 is 11.8 Å². The molecule has 0 spiro atoms. The number of nitrogens with zero attached hydrogens (tertiary/aromatic N) is 1. The number of amides is 1. The summed E-state index contributed by atoms with van der Waals surface area (Å²) in [6.07, 6.45) is 3.47.